The first-order valence-electron chi connectivity index (χ1n) is 5.91. The van der Waals surface area contributed by atoms with Crippen LogP contribution in [0.15, 0.2) is 0 Å². The lowest BCUT2D eigenvalue weighted by atomic mass is 10.1. The van der Waals surface area contributed by atoms with Crippen LogP contribution in [0.2, 0.25) is 0 Å². The number of carbonyl (C=O) groups is 1. The van der Waals surface area contributed by atoms with Gasteiger partial charge in [0.25, 0.3) is 0 Å². The van der Waals surface area contributed by atoms with Gasteiger partial charge in [0.15, 0.2) is 5.56 Å². The first-order chi connectivity index (χ1) is 7.07. The minimum absolute atomic E-state index is 0.166. The molecular formula is C12H23ClO2. The lowest BCUT2D eigenvalue weighted by Gasteiger charge is -2.14. The molecule has 0 N–H and O–H groups in total. The third kappa shape index (κ3) is 8.73. The average molecular weight is 235 g/mol. The van der Waals surface area contributed by atoms with Crippen LogP contribution < -0.4 is 0 Å². The third-order valence-corrected chi connectivity index (χ3v) is 2.85. The van der Waals surface area contributed by atoms with E-state index in [1.54, 1.807) is 0 Å². The highest BCUT2D eigenvalue weighted by Crippen LogP contribution is 2.13. The van der Waals surface area contributed by atoms with Crippen LogP contribution in [0.25, 0.3) is 0 Å². The van der Waals surface area contributed by atoms with Crippen molar-refractivity contribution in [2.24, 2.45) is 5.92 Å². The van der Waals surface area contributed by atoms with Crippen molar-refractivity contribution in [1.29, 1.82) is 0 Å². The number of alkyl halides is 1. The van der Waals surface area contributed by atoms with E-state index < -0.39 is 5.56 Å². The van der Waals surface area contributed by atoms with Gasteiger partial charge in [-0.25, -0.2) is 0 Å². The van der Waals surface area contributed by atoms with Gasteiger partial charge in [0.05, 0.1) is 0 Å². The minimum atomic E-state index is -0.479. The summed E-state index contributed by atoms with van der Waals surface area (Å²) >= 11 is 5.83. The topological polar surface area (TPSA) is 26.3 Å². The van der Waals surface area contributed by atoms with Crippen LogP contribution in [0.3, 0.4) is 0 Å². The highest BCUT2D eigenvalue weighted by Gasteiger charge is 2.14. The van der Waals surface area contributed by atoms with Crippen molar-refractivity contribution >= 4 is 17.6 Å². The molecule has 3 heteroatoms. The van der Waals surface area contributed by atoms with Crippen molar-refractivity contribution in [3.05, 3.63) is 0 Å². The van der Waals surface area contributed by atoms with Crippen molar-refractivity contribution in [2.45, 2.75) is 64.9 Å². The maximum absolute atomic E-state index is 11.3. The van der Waals surface area contributed by atoms with Crippen LogP contribution in [-0.4, -0.2) is 11.5 Å². The molecule has 0 rings (SSSR count). The molecule has 0 aliphatic carbocycles. The largest absolute Gasteiger partial charge is 0.446 e. The van der Waals surface area contributed by atoms with Crippen molar-refractivity contribution < 1.29 is 9.53 Å². The highest BCUT2D eigenvalue weighted by atomic mass is 35.5. The smallest absolute Gasteiger partial charge is 0.307 e. The van der Waals surface area contributed by atoms with E-state index in [4.69, 9.17) is 16.3 Å². The van der Waals surface area contributed by atoms with Crippen LogP contribution in [0.5, 0.6) is 0 Å². The molecule has 0 aliphatic heterocycles. The quantitative estimate of drug-likeness (QED) is 0.359. The first kappa shape index (κ1) is 14.8. The number of carbonyl (C=O) groups excluding carboxylic acids is 1. The summed E-state index contributed by atoms with van der Waals surface area (Å²) in [6.07, 6.45) is 6.21. The number of hydrogen-bond donors (Lipinski definition) is 0. The van der Waals surface area contributed by atoms with Gasteiger partial charge < -0.3 is 4.74 Å². The monoisotopic (exact) mass is 234 g/mol. The standard InChI is InChI=1S/C12H23ClO2/c1-4-5-6-7-8-9-11(14)15-12(13)10(2)3/h10,12H,4-9H2,1-3H3/t12-/m1/s1. The van der Waals surface area contributed by atoms with E-state index in [0.717, 1.165) is 12.8 Å². The number of rotatable bonds is 8. The number of unbranched alkanes of at least 4 members (excludes halogenated alkanes) is 4. The molecular weight excluding hydrogens is 212 g/mol. The van der Waals surface area contributed by atoms with Crippen molar-refractivity contribution in [3.63, 3.8) is 0 Å². The van der Waals surface area contributed by atoms with E-state index in [-0.39, 0.29) is 11.9 Å². The normalized spacial score (nSPS) is 12.9. The fourth-order valence-corrected chi connectivity index (χ4v) is 1.29. The maximum Gasteiger partial charge on any atom is 0.307 e. The van der Waals surface area contributed by atoms with Gasteiger partial charge in [-0.05, 0) is 6.42 Å². The second kappa shape index (κ2) is 9.02. The Hall–Kier alpha value is -0.240. The van der Waals surface area contributed by atoms with Crippen LogP contribution in [-0.2, 0) is 9.53 Å². The zero-order valence-electron chi connectivity index (χ0n) is 10.1. The number of esters is 1. The molecule has 2 nitrogen and oxygen atoms in total. The summed E-state index contributed by atoms with van der Waals surface area (Å²) < 4.78 is 5.04. The lowest BCUT2D eigenvalue weighted by Crippen LogP contribution is -2.17. The summed E-state index contributed by atoms with van der Waals surface area (Å²) in [5, 5.41) is 0. The van der Waals surface area contributed by atoms with E-state index in [9.17, 15) is 4.79 Å². The Morgan fingerprint density at radius 2 is 1.80 bits per heavy atom. The lowest BCUT2D eigenvalue weighted by molar-refractivity contribution is -0.147. The second-order valence-electron chi connectivity index (χ2n) is 4.25. The number of ether oxygens (including phenoxy) is 1. The fourth-order valence-electron chi connectivity index (χ4n) is 1.19. The molecule has 0 aromatic carbocycles. The molecule has 0 bridgehead atoms. The molecule has 90 valence electrons. The summed E-state index contributed by atoms with van der Waals surface area (Å²) in [5.74, 6) is 0.0101. The maximum atomic E-state index is 11.3. The third-order valence-electron chi connectivity index (χ3n) is 2.25. The molecule has 0 spiro atoms. The van der Waals surface area contributed by atoms with Crippen LogP contribution in [0.1, 0.15) is 59.3 Å². The summed E-state index contributed by atoms with van der Waals surface area (Å²) in [5.41, 5.74) is -0.479. The summed E-state index contributed by atoms with van der Waals surface area (Å²) in [7, 11) is 0. The predicted molar refractivity (Wildman–Crippen MR) is 63.9 cm³/mol. The Morgan fingerprint density at radius 3 is 2.33 bits per heavy atom. The second-order valence-corrected chi connectivity index (χ2v) is 4.68. The Kier molecular flexibility index (Phi) is 8.88. The van der Waals surface area contributed by atoms with E-state index in [1.807, 2.05) is 13.8 Å². The van der Waals surface area contributed by atoms with Crippen LogP contribution in [0, 0.1) is 5.92 Å². The SMILES string of the molecule is CCCCCCCC(=O)O[C@@H](Cl)C(C)C. The van der Waals surface area contributed by atoms with Gasteiger partial charge >= 0.3 is 5.97 Å². The molecule has 0 heterocycles. The molecule has 0 aromatic heterocycles. The fraction of sp³-hybridized carbons (Fsp3) is 0.917. The van der Waals surface area contributed by atoms with E-state index in [0.29, 0.717) is 6.42 Å². The Balaban J connectivity index is 3.41. The molecule has 0 unspecified atom stereocenters. The van der Waals surface area contributed by atoms with E-state index >= 15 is 0 Å². The van der Waals surface area contributed by atoms with Gasteiger partial charge in [0, 0.05) is 12.3 Å². The highest BCUT2D eigenvalue weighted by molar-refractivity contribution is 6.20. The summed E-state index contributed by atoms with van der Waals surface area (Å²) in [4.78, 5) is 11.3. The van der Waals surface area contributed by atoms with Crippen LogP contribution >= 0.6 is 11.6 Å². The number of halogens is 1. The van der Waals surface area contributed by atoms with Crippen molar-refractivity contribution in [2.75, 3.05) is 0 Å². The average Bonchev–Trinajstić information content (AvgIpc) is 2.17. The molecule has 0 radical (unpaired) electrons. The molecule has 1 atom stereocenters. The summed E-state index contributed by atoms with van der Waals surface area (Å²) in [6.45, 7) is 6.05. The van der Waals surface area contributed by atoms with Gasteiger partial charge in [0.2, 0.25) is 0 Å². The van der Waals surface area contributed by atoms with Gasteiger partial charge in [-0.3, -0.25) is 4.79 Å². The zero-order chi connectivity index (χ0) is 11.7. The molecule has 0 aliphatic rings. The molecule has 0 saturated carbocycles. The Morgan fingerprint density at radius 1 is 1.20 bits per heavy atom. The predicted octanol–water partition coefficient (Wildman–Crippen LogP) is 4.11. The molecule has 0 saturated heterocycles. The van der Waals surface area contributed by atoms with E-state index in [2.05, 4.69) is 6.92 Å². The molecule has 0 amide bonds. The molecule has 0 fully saturated rings. The Bertz CT molecular complexity index is 169. The van der Waals surface area contributed by atoms with Gasteiger partial charge in [-0.2, -0.15) is 0 Å². The van der Waals surface area contributed by atoms with Gasteiger partial charge in [-0.1, -0.05) is 58.1 Å². The zero-order valence-corrected chi connectivity index (χ0v) is 10.8. The summed E-state index contributed by atoms with van der Waals surface area (Å²) in [6, 6.07) is 0. The van der Waals surface area contributed by atoms with E-state index in [1.165, 1.54) is 19.3 Å². The first-order valence-corrected chi connectivity index (χ1v) is 6.35. The Labute approximate surface area is 98.3 Å². The van der Waals surface area contributed by atoms with Crippen molar-refractivity contribution in [1.82, 2.24) is 0 Å². The minimum Gasteiger partial charge on any atom is -0.446 e. The van der Waals surface area contributed by atoms with Crippen LogP contribution in [0.4, 0.5) is 0 Å². The van der Waals surface area contributed by atoms with Gasteiger partial charge in [0.1, 0.15) is 0 Å². The van der Waals surface area contributed by atoms with Crippen molar-refractivity contribution in [3.8, 4) is 0 Å². The number of hydrogen-bond acceptors (Lipinski definition) is 2. The molecule has 0 aromatic rings. The van der Waals surface area contributed by atoms with Gasteiger partial charge in [-0.15, -0.1) is 0 Å². The molecule has 15 heavy (non-hydrogen) atoms.